The zero-order chi connectivity index (χ0) is 5.98. The molecule has 8 heavy (non-hydrogen) atoms. The van der Waals surface area contributed by atoms with Gasteiger partial charge in [-0.05, 0) is 12.3 Å². The average molecular weight is 112 g/mol. The van der Waals surface area contributed by atoms with Crippen LogP contribution in [0.4, 0.5) is 0 Å². The molecule has 1 aliphatic rings. The molecule has 0 amide bonds. The van der Waals surface area contributed by atoms with Crippen molar-refractivity contribution in [3.05, 3.63) is 12.2 Å². The van der Waals surface area contributed by atoms with Gasteiger partial charge in [-0.1, -0.05) is 19.1 Å². The summed E-state index contributed by atoms with van der Waals surface area (Å²) in [5, 5.41) is 8.69. The van der Waals surface area contributed by atoms with E-state index in [9.17, 15) is 0 Å². The van der Waals surface area contributed by atoms with Crippen LogP contribution < -0.4 is 0 Å². The van der Waals surface area contributed by atoms with E-state index in [4.69, 9.17) is 5.11 Å². The molecule has 0 heterocycles. The maximum Gasteiger partial charge on any atom is 0.0496 e. The molecule has 0 bridgehead atoms. The number of aliphatic hydroxyl groups excluding tert-OH is 1. The highest BCUT2D eigenvalue weighted by Crippen LogP contribution is 2.23. The minimum Gasteiger partial charge on any atom is -0.396 e. The van der Waals surface area contributed by atoms with Crippen LogP contribution in [0.1, 0.15) is 13.3 Å². The molecule has 0 aromatic rings. The number of aliphatic hydroxyl groups is 1. The van der Waals surface area contributed by atoms with Gasteiger partial charge in [-0.2, -0.15) is 0 Å². The molecule has 1 aliphatic carbocycles. The lowest BCUT2D eigenvalue weighted by Crippen LogP contribution is -2.07. The summed E-state index contributed by atoms with van der Waals surface area (Å²) < 4.78 is 0. The van der Waals surface area contributed by atoms with Gasteiger partial charge in [0.15, 0.2) is 0 Å². The van der Waals surface area contributed by atoms with Gasteiger partial charge >= 0.3 is 0 Å². The van der Waals surface area contributed by atoms with Crippen LogP contribution in [0.2, 0.25) is 0 Å². The molecule has 2 atom stereocenters. The lowest BCUT2D eigenvalue weighted by atomic mass is 9.99. The molecule has 1 nitrogen and oxygen atoms in total. The lowest BCUT2D eigenvalue weighted by molar-refractivity contribution is 0.223. The average Bonchev–Trinajstić information content (AvgIpc) is 2.14. The molecule has 1 rings (SSSR count). The second kappa shape index (κ2) is 2.31. The number of hydrogen-bond acceptors (Lipinski definition) is 1. The fraction of sp³-hybridized carbons (Fsp3) is 0.714. The Morgan fingerprint density at radius 1 is 1.75 bits per heavy atom. The van der Waals surface area contributed by atoms with E-state index >= 15 is 0 Å². The molecule has 0 saturated heterocycles. The Bertz CT molecular complexity index is 96.6. The Labute approximate surface area is 50.0 Å². The number of allylic oxidation sites excluding steroid dienone is 1. The first-order chi connectivity index (χ1) is 3.84. The van der Waals surface area contributed by atoms with E-state index < -0.39 is 0 Å². The standard InChI is InChI=1S/C7H12O/c1-6-3-2-4-7(6)5-8/h2,4,6-8H,3,5H2,1H3. The summed E-state index contributed by atoms with van der Waals surface area (Å²) in [6, 6.07) is 0. The molecule has 0 spiro atoms. The SMILES string of the molecule is CC1CC=CC1CO. The Kier molecular flexibility index (Phi) is 1.69. The molecule has 1 N–H and O–H groups in total. The van der Waals surface area contributed by atoms with Gasteiger partial charge in [-0.3, -0.25) is 0 Å². The van der Waals surface area contributed by atoms with Crippen molar-refractivity contribution in [2.45, 2.75) is 13.3 Å². The predicted molar refractivity (Wildman–Crippen MR) is 33.5 cm³/mol. The molecule has 0 radical (unpaired) electrons. The van der Waals surface area contributed by atoms with Gasteiger partial charge in [-0.15, -0.1) is 0 Å². The minimum absolute atomic E-state index is 0.317. The largest absolute Gasteiger partial charge is 0.396 e. The van der Waals surface area contributed by atoms with E-state index in [2.05, 4.69) is 19.1 Å². The van der Waals surface area contributed by atoms with Crippen LogP contribution in [0.25, 0.3) is 0 Å². The molecule has 1 heteroatoms. The Morgan fingerprint density at radius 2 is 2.50 bits per heavy atom. The second-order valence-corrected chi connectivity index (χ2v) is 2.49. The molecule has 0 aliphatic heterocycles. The summed E-state index contributed by atoms with van der Waals surface area (Å²) >= 11 is 0. The summed E-state index contributed by atoms with van der Waals surface area (Å²) in [4.78, 5) is 0. The van der Waals surface area contributed by atoms with Crippen LogP contribution in [0, 0.1) is 11.8 Å². The third kappa shape index (κ3) is 0.920. The third-order valence-electron chi connectivity index (χ3n) is 1.83. The van der Waals surface area contributed by atoms with Crippen molar-refractivity contribution in [3.63, 3.8) is 0 Å². The van der Waals surface area contributed by atoms with Crippen molar-refractivity contribution in [2.24, 2.45) is 11.8 Å². The highest BCUT2D eigenvalue weighted by molar-refractivity contribution is 4.99. The Hall–Kier alpha value is -0.300. The van der Waals surface area contributed by atoms with Gasteiger partial charge in [0.05, 0.1) is 0 Å². The van der Waals surface area contributed by atoms with E-state index in [0.29, 0.717) is 18.4 Å². The smallest absolute Gasteiger partial charge is 0.0496 e. The molecule has 0 fully saturated rings. The molecule has 0 aromatic carbocycles. The van der Waals surface area contributed by atoms with E-state index in [1.165, 1.54) is 0 Å². The van der Waals surface area contributed by atoms with E-state index in [0.717, 1.165) is 6.42 Å². The minimum atomic E-state index is 0.317. The van der Waals surface area contributed by atoms with E-state index in [1.807, 2.05) is 0 Å². The molecule has 0 saturated carbocycles. The first-order valence-electron chi connectivity index (χ1n) is 3.12. The molecule has 2 unspecified atom stereocenters. The van der Waals surface area contributed by atoms with Crippen molar-refractivity contribution in [2.75, 3.05) is 6.61 Å². The van der Waals surface area contributed by atoms with Gasteiger partial charge in [0, 0.05) is 12.5 Å². The van der Waals surface area contributed by atoms with Crippen molar-refractivity contribution in [3.8, 4) is 0 Å². The van der Waals surface area contributed by atoms with Crippen molar-refractivity contribution < 1.29 is 5.11 Å². The first kappa shape index (κ1) is 5.83. The van der Waals surface area contributed by atoms with Crippen LogP contribution in [0.15, 0.2) is 12.2 Å². The second-order valence-electron chi connectivity index (χ2n) is 2.49. The Balaban J connectivity index is 2.41. The van der Waals surface area contributed by atoms with Gasteiger partial charge in [0.2, 0.25) is 0 Å². The molecule has 0 aromatic heterocycles. The zero-order valence-electron chi connectivity index (χ0n) is 5.17. The summed E-state index contributed by atoms with van der Waals surface area (Å²) in [5.74, 6) is 1.11. The van der Waals surface area contributed by atoms with Crippen LogP contribution in [-0.4, -0.2) is 11.7 Å². The highest BCUT2D eigenvalue weighted by Gasteiger charge is 2.15. The fourth-order valence-corrected chi connectivity index (χ4v) is 1.07. The van der Waals surface area contributed by atoms with Gasteiger partial charge in [0.1, 0.15) is 0 Å². The first-order valence-corrected chi connectivity index (χ1v) is 3.12. The summed E-state index contributed by atoms with van der Waals surface area (Å²) in [6.07, 6.45) is 5.39. The number of rotatable bonds is 1. The maximum atomic E-state index is 8.69. The predicted octanol–water partition coefficient (Wildman–Crippen LogP) is 1.19. The monoisotopic (exact) mass is 112 g/mol. The van der Waals surface area contributed by atoms with Crippen LogP contribution in [0.3, 0.4) is 0 Å². The molecular weight excluding hydrogens is 100 g/mol. The van der Waals surface area contributed by atoms with Crippen molar-refractivity contribution in [1.82, 2.24) is 0 Å². The van der Waals surface area contributed by atoms with Crippen LogP contribution in [0.5, 0.6) is 0 Å². The van der Waals surface area contributed by atoms with Crippen LogP contribution >= 0.6 is 0 Å². The normalized spacial score (nSPS) is 36.2. The van der Waals surface area contributed by atoms with Gasteiger partial charge in [-0.25, -0.2) is 0 Å². The molecular formula is C7H12O. The summed E-state index contributed by atoms with van der Waals surface area (Å²) in [7, 11) is 0. The van der Waals surface area contributed by atoms with E-state index in [1.54, 1.807) is 0 Å². The maximum absolute atomic E-state index is 8.69. The van der Waals surface area contributed by atoms with Crippen molar-refractivity contribution >= 4 is 0 Å². The third-order valence-corrected chi connectivity index (χ3v) is 1.83. The zero-order valence-corrected chi connectivity index (χ0v) is 5.17. The fourth-order valence-electron chi connectivity index (χ4n) is 1.07. The number of hydrogen-bond donors (Lipinski definition) is 1. The van der Waals surface area contributed by atoms with Gasteiger partial charge in [0.25, 0.3) is 0 Å². The quantitative estimate of drug-likeness (QED) is 0.505. The lowest BCUT2D eigenvalue weighted by Gasteiger charge is -2.08. The summed E-state index contributed by atoms with van der Waals surface area (Å²) in [5.41, 5.74) is 0. The van der Waals surface area contributed by atoms with Crippen LogP contribution in [-0.2, 0) is 0 Å². The highest BCUT2D eigenvalue weighted by atomic mass is 16.3. The van der Waals surface area contributed by atoms with E-state index in [-0.39, 0.29) is 0 Å². The summed E-state index contributed by atoms with van der Waals surface area (Å²) in [6.45, 7) is 2.48. The van der Waals surface area contributed by atoms with Crippen molar-refractivity contribution in [1.29, 1.82) is 0 Å². The topological polar surface area (TPSA) is 20.2 Å². The Morgan fingerprint density at radius 3 is 2.75 bits per heavy atom. The van der Waals surface area contributed by atoms with Gasteiger partial charge < -0.3 is 5.11 Å². The molecule has 46 valence electrons.